The van der Waals surface area contributed by atoms with Crippen LogP contribution in [0.1, 0.15) is 17.3 Å². The molecule has 1 aromatic heterocycles. The minimum absolute atomic E-state index is 0.111. The predicted molar refractivity (Wildman–Crippen MR) is 86.9 cm³/mol. The van der Waals surface area contributed by atoms with Crippen molar-refractivity contribution in [3.8, 4) is 17.2 Å². The molecule has 0 atom stereocenters. The maximum absolute atomic E-state index is 12.3. The van der Waals surface area contributed by atoms with Gasteiger partial charge in [0.2, 0.25) is 0 Å². The molecule has 3 aromatic rings. The number of carbonyl (C=O) groups excluding carboxylic acids is 2. The average Bonchev–Trinajstić information content (AvgIpc) is 2.59. The molecule has 0 spiro atoms. The first-order valence-electron chi connectivity index (χ1n) is 7.22. The molecule has 0 saturated carbocycles. The molecule has 0 aliphatic carbocycles. The number of esters is 2. The molecule has 0 saturated heterocycles. The van der Waals surface area contributed by atoms with Crippen molar-refractivity contribution in [2.45, 2.75) is 6.92 Å². The molecular weight excluding hydrogens is 328 g/mol. The molecule has 0 unspecified atom stereocenters. The van der Waals surface area contributed by atoms with E-state index < -0.39 is 23.3 Å². The molecular formula is C18H12O7. The summed E-state index contributed by atoms with van der Waals surface area (Å²) < 4.78 is 15.1. The Morgan fingerprint density at radius 2 is 1.68 bits per heavy atom. The lowest BCUT2D eigenvalue weighted by Gasteiger charge is -2.11. The van der Waals surface area contributed by atoms with Gasteiger partial charge in [-0.25, -0.2) is 9.59 Å². The second-order valence-corrected chi connectivity index (χ2v) is 5.05. The molecule has 126 valence electrons. The largest absolute Gasteiger partial charge is 0.504 e. The fourth-order valence-corrected chi connectivity index (χ4v) is 2.22. The van der Waals surface area contributed by atoms with E-state index in [2.05, 4.69) is 0 Å². The highest BCUT2D eigenvalue weighted by Gasteiger charge is 2.23. The normalized spacial score (nSPS) is 10.4. The predicted octanol–water partition coefficient (Wildman–Crippen LogP) is 2.64. The minimum atomic E-state index is -1.06. The molecule has 7 nitrogen and oxygen atoms in total. The Bertz CT molecular complexity index is 1020. The molecule has 1 N–H and O–H groups in total. The lowest BCUT2D eigenvalue weighted by atomic mass is 10.2. The Balaban J connectivity index is 2.19. The van der Waals surface area contributed by atoms with Crippen LogP contribution in [-0.4, -0.2) is 17.0 Å². The number of fused-ring (bicyclic) bond motifs is 1. The maximum atomic E-state index is 12.3. The quantitative estimate of drug-likeness (QED) is 0.577. The van der Waals surface area contributed by atoms with Gasteiger partial charge >= 0.3 is 17.6 Å². The summed E-state index contributed by atoms with van der Waals surface area (Å²) in [6.45, 7) is 1.09. The van der Waals surface area contributed by atoms with Gasteiger partial charge in [-0.05, 0) is 24.3 Å². The van der Waals surface area contributed by atoms with Crippen LogP contribution in [0.5, 0.6) is 17.2 Å². The number of phenolic OH excluding ortho intramolecular Hbond substituents is 1. The van der Waals surface area contributed by atoms with Crippen LogP contribution >= 0.6 is 0 Å². The molecule has 0 aliphatic heterocycles. The van der Waals surface area contributed by atoms with Gasteiger partial charge < -0.3 is 19.0 Å². The third kappa shape index (κ3) is 3.20. The lowest BCUT2D eigenvalue weighted by molar-refractivity contribution is -0.132. The van der Waals surface area contributed by atoms with Crippen molar-refractivity contribution in [3.05, 3.63) is 64.5 Å². The Morgan fingerprint density at radius 1 is 0.960 bits per heavy atom. The van der Waals surface area contributed by atoms with E-state index in [1.807, 2.05) is 0 Å². The summed E-state index contributed by atoms with van der Waals surface area (Å²) in [6, 6.07) is 12.3. The lowest BCUT2D eigenvalue weighted by Crippen LogP contribution is -2.16. The van der Waals surface area contributed by atoms with Crippen LogP contribution in [0.25, 0.3) is 11.0 Å². The monoisotopic (exact) mass is 340 g/mol. The molecule has 0 bridgehead atoms. The Morgan fingerprint density at radius 3 is 2.36 bits per heavy atom. The van der Waals surface area contributed by atoms with Crippen LogP contribution in [0.3, 0.4) is 0 Å². The maximum Gasteiger partial charge on any atom is 0.383 e. The van der Waals surface area contributed by atoms with Crippen molar-refractivity contribution in [1.82, 2.24) is 0 Å². The van der Waals surface area contributed by atoms with Crippen LogP contribution in [0.4, 0.5) is 0 Å². The van der Waals surface area contributed by atoms with E-state index in [1.165, 1.54) is 30.3 Å². The van der Waals surface area contributed by atoms with Gasteiger partial charge in [0.05, 0.1) is 10.9 Å². The minimum Gasteiger partial charge on any atom is -0.504 e. The third-order valence-corrected chi connectivity index (χ3v) is 3.28. The first kappa shape index (κ1) is 16.3. The number of para-hydroxylation sites is 1. The van der Waals surface area contributed by atoms with Crippen molar-refractivity contribution in [1.29, 1.82) is 0 Å². The number of carbonyl (C=O) groups is 2. The molecule has 25 heavy (non-hydrogen) atoms. The fraction of sp³-hybridized carbons (Fsp3) is 0.0556. The summed E-state index contributed by atoms with van der Waals surface area (Å²) in [4.78, 5) is 35.7. The van der Waals surface area contributed by atoms with Gasteiger partial charge in [0.15, 0.2) is 17.1 Å². The van der Waals surface area contributed by atoms with Crippen molar-refractivity contribution in [2.24, 2.45) is 0 Å². The van der Waals surface area contributed by atoms with E-state index in [4.69, 9.17) is 13.9 Å². The molecule has 0 fully saturated rings. The summed E-state index contributed by atoms with van der Waals surface area (Å²) in [7, 11) is 0. The van der Waals surface area contributed by atoms with Gasteiger partial charge in [0.1, 0.15) is 0 Å². The van der Waals surface area contributed by atoms with E-state index in [9.17, 15) is 19.5 Å². The summed E-state index contributed by atoms with van der Waals surface area (Å²) in [5.74, 6) is -2.73. The van der Waals surface area contributed by atoms with Crippen LogP contribution in [-0.2, 0) is 4.79 Å². The Labute approximate surface area is 141 Å². The molecule has 0 aliphatic rings. The zero-order valence-corrected chi connectivity index (χ0v) is 13.0. The van der Waals surface area contributed by atoms with Crippen molar-refractivity contribution in [3.63, 3.8) is 0 Å². The van der Waals surface area contributed by atoms with E-state index in [0.29, 0.717) is 0 Å². The average molecular weight is 340 g/mol. The zero-order chi connectivity index (χ0) is 18.0. The Hall–Kier alpha value is -3.61. The smallest absolute Gasteiger partial charge is 0.383 e. The summed E-state index contributed by atoms with van der Waals surface area (Å²) in [5, 5.41) is 9.97. The van der Waals surface area contributed by atoms with E-state index >= 15 is 0 Å². The van der Waals surface area contributed by atoms with Gasteiger partial charge in [-0.1, -0.05) is 24.3 Å². The first-order valence-corrected chi connectivity index (χ1v) is 7.22. The molecule has 7 heteroatoms. The number of benzene rings is 2. The summed E-state index contributed by atoms with van der Waals surface area (Å²) >= 11 is 0. The second-order valence-electron chi connectivity index (χ2n) is 5.05. The number of aromatic hydroxyl groups is 1. The number of rotatable bonds is 3. The topological polar surface area (TPSA) is 103 Å². The van der Waals surface area contributed by atoms with Gasteiger partial charge in [-0.15, -0.1) is 0 Å². The molecule has 0 radical (unpaired) electrons. The summed E-state index contributed by atoms with van der Waals surface area (Å²) in [6.07, 6.45) is 0. The van der Waals surface area contributed by atoms with E-state index in [0.717, 1.165) is 6.92 Å². The highest BCUT2D eigenvalue weighted by atomic mass is 16.6. The number of hydrogen-bond acceptors (Lipinski definition) is 7. The molecule has 1 heterocycles. The van der Waals surface area contributed by atoms with Gasteiger partial charge in [0.25, 0.3) is 5.75 Å². The molecule has 3 rings (SSSR count). The summed E-state index contributed by atoms with van der Waals surface area (Å²) in [5.41, 5.74) is -1.00. The first-order chi connectivity index (χ1) is 12.0. The second kappa shape index (κ2) is 6.48. The van der Waals surface area contributed by atoms with E-state index in [-0.39, 0.29) is 28.0 Å². The van der Waals surface area contributed by atoms with E-state index in [1.54, 1.807) is 18.2 Å². The number of ether oxygens (including phenoxy) is 2. The Kier molecular flexibility index (Phi) is 4.21. The third-order valence-electron chi connectivity index (χ3n) is 3.28. The van der Waals surface area contributed by atoms with Crippen LogP contribution in [0.2, 0.25) is 0 Å². The highest BCUT2D eigenvalue weighted by molar-refractivity contribution is 5.96. The number of phenols is 1. The standard InChI is InChI=1S/C18H12O7/c1-10(19)23-16-15(25-17(21)11-6-3-2-4-7-11)12-8-5-9-13(20)14(12)24-18(16)22/h2-9,20H,1H3. The van der Waals surface area contributed by atoms with Crippen LogP contribution < -0.4 is 15.1 Å². The number of hydrogen-bond donors (Lipinski definition) is 1. The van der Waals surface area contributed by atoms with Gasteiger partial charge in [-0.2, -0.15) is 0 Å². The fourth-order valence-electron chi connectivity index (χ4n) is 2.22. The van der Waals surface area contributed by atoms with Crippen molar-refractivity contribution < 1.29 is 28.6 Å². The highest BCUT2D eigenvalue weighted by Crippen LogP contribution is 2.36. The van der Waals surface area contributed by atoms with Crippen molar-refractivity contribution >= 4 is 22.9 Å². The van der Waals surface area contributed by atoms with Crippen LogP contribution in [0.15, 0.2) is 57.7 Å². The molecule has 0 amide bonds. The SMILES string of the molecule is CC(=O)Oc1c(OC(=O)c2ccccc2)c2cccc(O)c2oc1=O. The zero-order valence-electron chi connectivity index (χ0n) is 13.0. The van der Waals surface area contributed by atoms with Crippen LogP contribution in [0, 0.1) is 0 Å². The molecule has 2 aromatic carbocycles. The van der Waals surface area contributed by atoms with Crippen molar-refractivity contribution in [2.75, 3.05) is 0 Å². The van der Waals surface area contributed by atoms with Gasteiger partial charge in [0, 0.05) is 6.92 Å². The van der Waals surface area contributed by atoms with Gasteiger partial charge in [-0.3, -0.25) is 4.79 Å².